The third-order valence-electron chi connectivity index (χ3n) is 6.46. The van der Waals surface area contributed by atoms with Crippen LogP contribution in [-0.4, -0.2) is 46.8 Å². The van der Waals surface area contributed by atoms with Crippen LogP contribution in [-0.2, 0) is 0 Å². The monoisotopic (exact) mass is 522 g/mol. The van der Waals surface area contributed by atoms with E-state index in [4.69, 9.17) is 9.72 Å². The Morgan fingerprint density at radius 3 is 2.74 bits per heavy atom. The molecule has 0 amide bonds. The Kier molecular flexibility index (Phi) is 7.59. The van der Waals surface area contributed by atoms with Crippen LogP contribution in [0.25, 0.3) is 22.0 Å². The molecule has 1 aliphatic rings. The second-order valence-electron chi connectivity index (χ2n) is 9.32. The molecule has 1 atom stereocenters. The van der Waals surface area contributed by atoms with Gasteiger partial charge in [-0.1, -0.05) is 24.3 Å². The first-order chi connectivity index (χ1) is 18.4. The summed E-state index contributed by atoms with van der Waals surface area (Å²) < 4.78 is 44.4. The highest BCUT2D eigenvalue weighted by atomic mass is 19.4. The van der Waals surface area contributed by atoms with E-state index in [0.29, 0.717) is 34.5 Å². The summed E-state index contributed by atoms with van der Waals surface area (Å²) in [5.74, 6) is 1.51. The highest BCUT2D eigenvalue weighted by Gasteiger charge is 2.26. The number of halogens is 3. The average molecular weight is 523 g/mol. The second kappa shape index (κ2) is 11.2. The number of benzene rings is 2. The van der Waals surface area contributed by atoms with Gasteiger partial charge in [0.15, 0.2) is 0 Å². The fourth-order valence-corrected chi connectivity index (χ4v) is 4.57. The lowest BCUT2D eigenvalue weighted by Gasteiger charge is -2.23. The number of aromatic nitrogens is 3. The fourth-order valence-electron chi connectivity index (χ4n) is 4.57. The Balaban J connectivity index is 1.44. The molecule has 1 fully saturated rings. The molecule has 0 aliphatic carbocycles. The van der Waals surface area contributed by atoms with E-state index in [1.54, 1.807) is 24.5 Å². The van der Waals surface area contributed by atoms with Gasteiger partial charge in [0.1, 0.15) is 5.75 Å². The molecule has 0 bridgehead atoms. The largest absolute Gasteiger partial charge is 0.437 e. The van der Waals surface area contributed by atoms with E-state index in [1.165, 1.54) is 0 Å². The Bertz CT molecular complexity index is 1410. The van der Waals surface area contributed by atoms with Crippen molar-refractivity contribution >= 4 is 22.4 Å². The minimum Gasteiger partial charge on any atom is -0.437 e. The summed E-state index contributed by atoms with van der Waals surface area (Å²) in [5, 5.41) is 11.2. The van der Waals surface area contributed by atoms with Gasteiger partial charge >= 0.3 is 6.18 Å². The zero-order valence-electron chi connectivity index (χ0n) is 21.0. The zero-order valence-corrected chi connectivity index (χ0v) is 21.0. The van der Waals surface area contributed by atoms with Crippen molar-refractivity contribution in [1.82, 2.24) is 20.3 Å². The molecular formula is C28H29F3N6O. The molecule has 0 saturated carbocycles. The summed E-state index contributed by atoms with van der Waals surface area (Å²) in [5.41, 5.74) is 2.86. The van der Waals surface area contributed by atoms with Crippen molar-refractivity contribution in [1.29, 1.82) is 0 Å². The van der Waals surface area contributed by atoms with E-state index < -0.39 is 12.6 Å². The van der Waals surface area contributed by atoms with Crippen molar-refractivity contribution in [2.45, 2.75) is 38.4 Å². The normalized spacial score (nSPS) is 15.8. The first-order valence-corrected chi connectivity index (χ1v) is 12.6. The number of rotatable bonds is 8. The summed E-state index contributed by atoms with van der Waals surface area (Å²) >= 11 is 0. The first-order valence-electron chi connectivity index (χ1n) is 12.6. The minimum atomic E-state index is -4.22. The molecule has 38 heavy (non-hydrogen) atoms. The maximum absolute atomic E-state index is 12.7. The quantitative estimate of drug-likeness (QED) is 0.250. The zero-order chi connectivity index (χ0) is 26.5. The number of hydrogen-bond acceptors (Lipinski definition) is 7. The molecule has 10 heteroatoms. The molecular weight excluding hydrogens is 493 g/mol. The standard InChI is InChI=1S/C28H29F3N6O/c1-18-9-10-20-21(6-2-8-23(20)33-16-12-28(29,30)31)25(18)38-26-22(7-4-14-34-26)24-11-15-35-27(37-24)36-19-5-3-13-32-17-19/h2,4,6-11,14-15,19,32-33H,3,5,12-13,16-17H2,1H3,(H,35,36,37). The third-order valence-corrected chi connectivity index (χ3v) is 6.46. The number of nitrogens with zero attached hydrogens (tertiary/aromatic N) is 3. The summed E-state index contributed by atoms with van der Waals surface area (Å²) in [6.45, 7) is 3.60. The van der Waals surface area contributed by atoms with Gasteiger partial charge < -0.3 is 20.7 Å². The van der Waals surface area contributed by atoms with E-state index >= 15 is 0 Å². The summed E-state index contributed by atoms with van der Waals surface area (Å²) in [6, 6.07) is 15.0. The van der Waals surface area contributed by atoms with Crippen LogP contribution in [0.15, 0.2) is 60.9 Å². The second-order valence-corrected chi connectivity index (χ2v) is 9.32. The van der Waals surface area contributed by atoms with E-state index in [-0.39, 0.29) is 12.6 Å². The number of alkyl halides is 3. The van der Waals surface area contributed by atoms with Gasteiger partial charge in [-0.25, -0.2) is 15.0 Å². The van der Waals surface area contributed by atoms with Crippen molar-refractivity contribution < 1.29 is 17.9 Å². The van der Waals surface area contributed by atoms with Crippen molar-refractivity contribution in [2.75, 3.05) is 30.3 Å². The van der Waals surface area contributed by atoms with E-state index in [1.807, 2.05) is 43.3 Å². The molecule has 5 rings (SSSR count). The van der Waals surface area contributed by atoms with Crippen molar-refractivity contribution in [3.8, 4) is 22.9 Å². The Morgan fingerprint density at radius 2 is 1.92 bits per heavy atom. The van der Waals surface area contributed by atoms with Crippen molar-refractivity contribution in [3.05, 3.63) is 66.5 Å². The number of aryl methyl sites for hydroxylation is 1. The number of hydrogen-bond donors (Lipinski definition) is 3. The lowest BCUT2D eigenvalue weighted by molar-refractivity contribution is -0.131. The van der Waals surface area contributed by atoms with Gasteiger partial charge in [0.2, 0.25) is 11.8 Å². The van der Waals surface area contributed by atoms with Gasteiger partial charge in [0, 0.05) is 48.0 Å². The Labute approximate surface area is 218 Å². The lowest BCUT2D eigenvalue weighted by Crippen LogP contribution is -2.38. The molecule has 1 saturated heterocycles. The molecule has 198 valence electrons. The molecule has 3 heterocycles. The predicted octanol–water partition coefficient (Wildman–Crippen LogP) is 6.32. The molecule has 0 radical (unpaired) electrons. The number of fused-ring (bicyclic) bond motifs is 1. The summed E-state index contributed by atoms with van der Waals surface area (Å²) in [6.07, 6.45) is 0.374. The van der Waals surface area contributed by atoms with Gasteiger partial charge in [0.05, 0.1) is 17.7 Å². The Morgan fingerprint density at radius 1 is 1.03 bits per heavy atom. The van der Waals surface area contributed by atoms with Crippen molar-refractivity contribution in [3.63, 3.8) is 0 Å². The number of nitrogens with one attached hydrogen (secondary N) is 3. The van der Waals surface area contributed by atoms with Crippen LogP contribution < -0.4 is 20.7 Å². The van der Waals surface area contributed by atoms with Gasteiger partial charge in [-0.2, -0.15) is 13.2 Å². The molecule has 1 aliphatic heterocycles. The average Bonchev–Trinajstić information content (AvgIpc) is 2.91. The molecule has 7 nitrogen and oxygen atoms in total. The topological polar surface area (TPSA) is 84.0 Å². The van der Waals surface area contributed by atoms with Gasteiger partial charge in [-0.05, 0) is 56.1 Å². The van der Waals surface area contributed by atoms with Crippen LogP contribution in [0.4, 0.5) is 24.8 Å². The van der Waals surface area contributed by atoms with Gasteiger partial charge in [-0.15, -0.1) is 0 Å². The molecule has 4 aromatic rings. The van der Waals surface area contributed by atoms with Crippen LogP contribution in [0.2, 0.25) is 0 Å². The molecule has 3 N–H and O–H groups in total. The minimum absolute atomic E-state index is 0.210. The first kappa shape index (κ1) is 25.7. The molecule has 0 spiro atoms. The van der Waals surface area contributed by atoms with Crippen LogP contribution in [0.1, 0.15) is 24.8 Å². The fraction of sp³-hybridized carbons (Fsp3) is 0.321. The molecule has 2 aromatic heterocycles. The smallest absolute Gasteiger partial charge is 0.390 e. The van der Waals surface area contributed by atoms with Crippen LogP contribution >= 0.6 is 0 Å². The predicted molar refractivity (Wildman–Crippen MR) is 143 cm³/mol. The summed E-state index contributed by atoms with van der Waals surface area (Å²) in [7, 11) is 0. The maximum atomic E-state index is 12.7. The Hall–Kier alpha value is -3.92. The van der Waals surface area contributed by atoms with Gasteiger partial charge in [-0.3, -0.25) is 0 Å². The molecule has 2 aromatic carbocycles. The lowest BCUT2D eigenvalue weighted by atomic mass is 10.0. The third kappa shape index (κ3) is 6.13. The van der Waals surface area contributed by atoms with E-state index in [0.717, 1.165) is 42.3 Å². The van der Waals surface area contributed by atoms with E-state index in [2.05, 4.69) is 25.9 Å². The SMILES string of the molecule is Cc1ccc2c(NCCC(F)(F)F)cccc2c1Oc1ncccc1-c1ccnc(NC2CCCNC2)n1. The molecule has 1 unspecified atom stereocenters. The van der Waals surface area contributed by atoms with Crippen molar-refractivity contribution in [2.24, 2.45) is 0 Å². The number of pyridine rings is 1. The van der Waals surface area contributed by atoms with Crippen LogP contribution in [0.3, 0.4) is 0 Å². The van der Waals surface area contributed by atoms with E-state index in [9.17, 15) is 13.2 Å². The highest BCUT2D eigenvalue weighted by molar-refractivity contribution is 5.98. The van der Waals surface area contributed by atoms with Gasteiger partial charge in [0.25, 0.3) is 0 Å². The number of piperidine rings is 1. The number of ether oxygens (including phenoxy) is 1. The number of anilines is 2. The summed E-state index contributed by atoms with van der Waals surface area (Å²) in [4.78, 5) is 13.6. The highest BCUT2D eigenvalue weighted by Crippen LogP contribution is 2.38. The van der Waals surface area contributed by atoms with Crippen LogP contribution in [0, 0.1) is 6.92 Å². The maximum Gasteiger partial charge on any atom is 0.390 e. The van der Waals surface area contributed by atoms with Crippen LogP contribution in [0.5, 0.6) is 11.6 Å².